The Hall–Kier alpha value is -3.01. The fourth-order valence-corrected chi connectivity index (χ4v) is 3.93. The second-order valence-corrected chi connectivity index (χ2v) is 7.41. The van der Waals surface area contributed by atoms with Crippen LogP contribution in [0.25, 0.3) is 10.9 Å². The predicted octanol–water partition coefficient (Wildman–Crippen LogP) is 2.39. The molecule has 10 heteroatoms. The van der Waals surface area contributed by atoms with Crippen molar-refractivity contribution in [1.29, 1.82) is 0 Å². The molecule has 0 bridgehead atoms. The summed E-state index contributed by atoms with van der Waals surface area (Å²) in [6.45, 7) is -0.666. The van der Waals surface area contributed by atoms with Crippen molar-refractivity contribution in [1.82, 2.24) is 24.0 Å². The SMILES string of the molecule is Cn1ccnc(CN2CCCC2c2nc3ccccc3c(=O)n2CC(F)(F)F)c1=O. The van der Waals surface area contributed by atoms with Crippen LogP contribution in [-0.4, -0.2) is 36.7 Å². The van der Waals surface area contributed by atoms with Crippen LogP contribution < -0.4 is 11.1 Å². The van der Waals surface area contributed by atoms with Crippen molar-refractivity contribution in [3.8, 4) is 0 Å². The molecule has 0 radical (unpaired) electrons. The molecule has 4 rings (SSSR count). The van der Waals surface area contributed by atoms with Gasteiger partial charge in [0.05, 0.1) is 16.9 Å². The van der Waals surface area contributed by atoms with Crippen LogP contribution in [0.2, 0.25) is 0 Å². The van der Waals surface area contributed by atoms with Crippen LogP contribution in [0.15, 0.2) is 46.2 Å². The van der Waals surface area contributed by atoms with Gasteiger partial charge in [-0.2, -0.15) is 13.2 Å². The van der Waals surface area contributed by atoms with Gasteiger partial charge in [0.1, 0.15) is 18.1 Å². The number of hydrogen-bond acceptors (Lipinski definition) is 5. The van der Waals surface area contributed by atoms with E-state index in [2.05, 4.69) is 9.97 Å². The Bertz CT molecular complexity index is 1200. The molecule has 1 aliphatic heterocycles. The van der Waals surface area contributed by atoms with Gasteiger partial charge in [-0.05, 0) is 31.5 Å². The van der Waals surface area contributed by atoms with E-state index in [-0.39, 0.29) is 23.3 Å². The summed E-state index contributed by atoms with van der Waals surface area (Å²) in [6, 6.07) is 5.87. The zero-order valence-electron chi connectivity index (χ0n) is 16.3. The molecule has 0 spiro atoms. The number of benzene rings is 1. The van der Waals surface area contributed by atoms with Gasteiger partial charge >= 0.3 is 6.18 Å². The van der Waals surface area contributed by atoms with Gasteiger partial charge in [-0.25, -0.2) is 4.98 Å². The number of aromatic nitrogens is 4. The minimum absolute atomic E-state index is 0.0706. The van der Waals surface area contributed by atoms with Gasteiger partial charge in [0.15, 0.2) is 0 Å². The summed E-state index contributed by atoms with van der Waals surface area (Å²) in [7, 11) is 1.61. The topological polar surface area (TPSA) is 73.0 Å². The van der Waals surface area contributed by atoms with Gasteiger partial charge < -0.3 is 4.57 Å². The first-order valence-electron chi connectivity index (χ1n) is 9.55. The number of aryl methyl sites for hydroxylation is 1. The molecule has 1 aromatic carbocycles. The van der Waals surface area contributed by atoms with Crippen LogP contribution in [0.4, 0.5) is 13.2 Å². The number of nitrogens with zero attached hydrogens (tertiary/aromatic N) is 5. The maximum Gasteiger partial charge on any atom is 0.406 e. The molecular weight excluding hydrogens is 399 g/mol. The van der Waals surface area contributed by atoms with E-state index in [1.54, 1.807) is 31.4 Å². The Morgan fingerprint density at radius 1 is 1.17 bits per heavy atom. The van der Waals surface area contributed by atoms with Crippen LogP contribution in [0.1, 0.15) is 30.4 Å². The molecule has 2 aromatic heterocycles. The second-order valence-electron chi connectivity index (χ2n) is 7.41. The number of fused-ring (bicyclic) bond motifs is 1. The lowest BCUT2D eigenvalue weighted by atomic mass is 10.1. The van der Waals surface area contributed by atoms with Crippen LogP contribution in [-0.2, 0) is 20.1 Å². The average Bonchev–Trinajstić information content (AvgIpc) is 3.15. The first-order valence-corrected chi connectivity index (χ1v) is 9.55. The minimum atomic E-state index is -4.57. The molecule has 1 atom stereocenters. The van der Waals surface area contributed by atoms with Crippen LogP contribution in [0.3, 0.4) is 0 Å². The molecule has 30 heavy (non-hydrogen) atoms. The van der Waals surface area contributed by atoms with Crippen molar-refractivity contribution in [2.75, 3.05) is 6.54 Å². The van der Waals surface area contributed by atoms with Crippen LogP contribution >= 0.6 is 0 Å². The zero-order chi connectivity index (χ0) is 21.5. The molecule has 1 aliphatic rings. The van der Waals surface area contributed by atoms with Crippen molar-refractivity contribution >= 4 is 10.9 Å². The van der Waals surface area contributed by atoms with Crippen molar-refractivity contribution in [3.05, 3.63) is 68.9 Å². The van der Waals surface area contributed by atoms with Gasteiger partial charge in [-0.15, -0.1) is 0 Å². The maximum atomic E-state index is 13.3. The number of likely N-dealkylation sites (tertiary alicyclic amines) is 1. The van der Waals surface area contributed by atoms with Crippen molar-refractivity contribution in [2.24, 2.45) is 7.05 Å². The normalized spacial score (nSPS) is 17.7. The molecule has 1 unspecified atom stereocenters. The summed E-state index contributed by atoms with van der Waals surface area (Å²) in [4.78, 5) is 35.7. The molecule has 3 aromatic rings. The molecule has 1 saturated heterocycles. The van der Waals surface area contributed by atoms with E-state index in [4.69, 9.17) is 0 Å². The van der Waals surface area contributed by atoms with E-state index >= 15 is 0 Å². The number of alkyl halides is 3. The molecule has 0 saturated carbocycles. The minimum Gasteiger partial charge on any atom is -0.315 e. The Morgan fingerprint density at radius 2 is 1.93 bits per heavy atom. The predicted molar refractivity (Wildman–Crippen MR) is 104 cm³/mol. The molecule has 7 nitrogen and oxygen atoms in total. The zero-order valence-corrected chi connectivity index (χ0v) is 16.3. The molecule has 0 aliphatic carbocycles. The standard InChI is InChI=1S/C20H20F3N5O2/c1-26-10-8-24-15(19(26)30)11-27-9-4-7-16(27)17-25-14-6-3-2-5-13(14)18(29)28(17)12-20(21,22)23/h2-3,5-6,8,10,16H,4,7,9,11-12H2,1H3. The highest BCUT2D eigenvalue weighted by Gasteiger charge is 2.35. The van der Waals surface area contributed by atoms with E-state index in [0.29, 0.717) is 30.6 Å². The number of para-hydroxylation sites is 1. The summed E-state index contributed by atoms with van der Waals surface area (Å²) in [5, 5.41) is 0.147. The third kappa shape index (κ3) is 3.87. The summed E-state index contributed by atoms with van der Waals surface area (Å²) < 4.78 is 42.0. The monoisotopic (exact) mass is 419 g/mol. The number of rotatable bonds is 4. The maximum absolute atomic E-state index is 13.3. The summed E-state index contributed by atoms with van der Waals surface area (Å²) in [6.07, 6.45) is -0.264. The summed E-state index contributed by atoms with van der Waals surface area (Å²) in [5.41, 5.74) is -0.315. The van der Waals surface area contributed by atoms with E-state index in [1.165, 1.54) is 16.8 Å². The van der Waals surface area contributed by atoms with Gasteiger partial charge in [-0.3, -0.25) is 24.0 Å². The third-order valence-corrected chi connectivity index (χ3v) is 5.33. The largest absolute Gasteiger partial charge is 0.406 e. The smallest absolute Gasteiger partial charge is 0.315 e. The molecular formula is C20H20F3N5O2. The fraction of sp³-hybridized carbons (Fsp3) is 0.400. The quantitative estimate of drug-likeness (QED) is 0.649. The lowest BCUT2D eigenvalue weighted by molar-refractivity contribution is -0.142. The molecule has 158 valence electrons. The fourth-order valence-electron chi connectivity index (χ4n) is 3.93. The Kier molecular flexibility index (Phi) is 5.19. The van der Waals surface area contributed by atoms with Gasteiger partial charge in [0, 0.05) is 26.0 Å². The highest BCUT2D eigenvalue weighted by atomic mass is 19.4. The van der Waals surface area contributed by atoms with Gasteiger partial charge in [0.25, 0.3) is 11.1 Å². The lowest BCUT2D eigenvalue weighted by Gasteiger charge is -2.26. The van der Waals surface area contributed by atoms with Crippen molar-refractivity contribution in [2.45, 2.75) is 38.1 Å². The molecule has 0 N–H and O–H groups in total. The Morgan fingerprint density at radius 3 is 2.70 bits per heavy atom. The third-order valence-electron chi connectivity index (χ3n) is 5.33. The Labute approximate surface area is 169 Å². The lowest BCUT2D eigenvalue weighted by Crippen LogP contribution is -2.36. The highest BCUT2D eigenvalue weighted by Crippen LogP contribution is 2.33. The van der Waals surface area contributed by atoms with Crippen LogP contribution in [0.5, 0.6) is 0 Å². The number of hydrogen-bond donors (Lipinski definition) is 0. The average molecular weight is 419 g/mol. The molecule has 1 fully saturated rings. The van der Waals surface area contributed by atoms with E-state index in [0.717, 1.165) is 4.57 Å². The van der Waals surface area contributed by atoms with Gasteiger partial charge in [-0.1, -0.05) is 12.1 Å². The van der Waals surface area contributed by atoms with E-state index in [1.807, 2.05) is 4.90 Å². The van der Waals surface area contributed by atoms with E-state index < -0.39 is 24.3 Å². The first-order chi connectivity index (χ1) is 14.2. The highest BCUT2D eigenvalue weighted by molar-refractivity contribution is 5.77. The van der Waals surface area contributed by atoms with Crippen molar-refractivity contribution < 1.29 is 13.2 Å². The summed E-state index contributed by atoms with van der Waals surface area (Å²) >= 11 is 0. The van der Waals surface area contributed by atoms with Crippen LogP contribution in [0, 0.1) is 0 Å². The first kappa shape index (κ1) is 20.3. The van der Waals surface area contributed by atoms with Gasteiger partial charge in [0.2, 0.25) is 0 Å². The molecule has 3 heterocycles. The number of halogens is 3. The Balaban J connectivity index is 1.80. The van der Waals surface area contributed by atoms with Crippen molar-refractivity contribution in [3.63, 3.8) is 0 Å². The second kappa shape index (κ2) is 7.67. The summed E-state index contributed by atoms with van der Waals surface area (Å²) in [5.74, 6) is 0.0706. The van der Waals surface area contributed by atoms with E-state index in [9.17, 15) is 22.8 Å². The molecule has 0 amide bonds.